The molecule has 0 aliphatic carbocycles. The zero-order valence-electron chi connectivity index (χ0n) is 6.43. The number of nitrogens with one attached hydrogen (secondary N) is 1. The van der Waals surface area contributed by atoms with Crippen molar-refractivity contribution in [2.75, 3.05) is 6.54 Å². The van der Waals surface area contributed by atoms with Crippen LogP contribution >= 0.6 is 7.82 Å². The van der Waals surface area contributed by atoms with Gasteiger partial charge in [-0.3, -0.25) is 4.79 Å². The second kappa shape index (κ2) is 5.27. The molecule has 0 aromatic rings. The Morgan fingerprint density at radius 3 is 1.92 bits per heavy atom. The maximum Gasteiger partial charge on any atom is 0.466 e. The lowest BCUT2D eigenvalue weighted by Gasteiger charge is -2.08. The van der Waals surface area contributed by atoms with E-state index in [9.17, 15) is 4.79 Å². The summed E-state index contributed by atoms with van der Waals surface area (Å²) in [5.74, 6) is 0.214. The Kier molecular flexibility index (Phi) is 5.08. The summed E-state index contributed by atoms with van der Waals surface area (Å²) in [6.45, 7) is 0.888. The molecule has 0 aromatic heterocycles. The lowest BCUT2D eigenvalue weighted by Crippen LogP contribution is -2.28. The fourth-order valence-electron chi connectivity index (χ4n) is 0.727. The van der Waals surface area contributed by atoms with Gasteiger partial charge in [0.25, 0.3) is 0 Å². The van der Waals surface area contributed by atoms with Gasteiger partial charge in [0, 0.05) is 13.0 Å². The first kappa shape index (κ1) is 11.6. The quantitative estimate of drug-likeness (QED) is 0.386. The average Bonchev–Trinajstić information content (AvgIpc) is 1.85. The van der Waals surface area contributed by atoms with Crippen molar-refractivity contribution in [2.45, 2.75) is 19.3 Å². The summed E-state index contributed by atoms with van der Waals surface area (Å²) in [6, 6.07) is 0. The summed E-state index contributed by atoms with van der Waals surface area (Å²) in [7, 11) is -4.64. The maximum atomic E-state index is 10.4. The van der Waals surface area contributed by atoms with E-state index < -0.39 is 7.82 Å². The highest BCUT2D eigenvalue weighted by atomic mass is 31.2. The van der Waals surface area contributed by atoms with Gasteiger partial charge in [-0.25, -0.2) is 4.57 Å². The van der Waals surface area contributed by atoms with Crippen molar-refractivity contribution in [3.63, 3.8) is 0 Å². The van der Waals surface area contributed by atoms with Crippen LogP contribution in [0.4, 0.5) is 0 Å². The van der Waals surface area contributed by atoms with Gasteiger partial charge in [-0.2, -0.15) is 0 Å². The molecule has 0 radical (unpaired) electrons. The van der Waals surface area contributed by atoms with Crippen molar-refractivity contribution in [3.8, 4) is 0 Å². The first-order valence-electron chi connectivity index (χ1n) is 3.44. The monoisotopic (exact) mass is 197 g/mol. The topological polar surface area (TPSA) is 107 Å². The van der Waals surface area contributed by atoms with Crippen LogP contribution in [-0.2, 0) is 9.36 Å². The molecule has 0 saturated carbocycles. The van der Waals surface area contributed by atoms with Crippen molar-refractivity contribution < 1.29 is 24.0 Å². The molecule has 1 aliphatic heterocycles. The molecule has 1 amide bonds. The molecule has 6 nitrogen and oxygen atoms in total. The number of amides is 1. The number of piperidine rings is 1. The zero-order chi connectivity index (χ0) is 9.61. The van der Waals surface area contributed by atoms with Crippen LogP contribution in [0.2, 0.25) is 0 Å². The Labute approximate surface area is 69.8 Å². The van der Waals surface area contributed by atoms with Gasteiger partial charge >= 0.3 is 7.82 Å². The molecule has 1 saturated heterocycles. The smallest absolute Gasteiger partial charge is 0.356 e. The first-order chi connectivity index (χ1) is 5.39. The molecule has 0 unspecified atom stereocenters. The van der Waals surface area contributed by atoms with Crippen LogP contribution in [0.15, 0.2) is 0 Å². The second-order valence-electron chi connectivity index (χ2n) is 2.32. The molecule has 1 rings (SSSR count). The van der Waals surface area contributed by atoms with E-state index in [0.717, 1.165) is 25.8 Å². The average molecular weight is 197 g/mol. The van der Waals surface area contributed by atoms with E-state index in [2.05, 4.69) is 5.32 Å². The summed E-state index contributed by atoms with van der Waals surface area (Å²) in [5, 5.41) is 2.74. The molecule has 0 bridgehead atoms. The SMILES string of the molecule is O=C1CCCCN1.O=P(O)(O)O. The van der Waals surface area contributed by atoms with Gasteiger partial charge in [0.15, 0.2) is 0 Å². The number of rotatable bonds is 0. The third-order valence-electron chi connectivity index (χ3n) is 1.15. The van der Waals surface area contributed by atoms with Gasteiger partial charge < -0.3 is 20.0 Å². The van der Waals surface area contributed by atoms with Crippen molar-refractivity contribution >= 4 is 13.7 Å². The lowest BCUT2D eigenvalue weighted by molar-refractivity contribution is -0.122. The number of phosphoric acid groups is 1. The van der Waals surface area contributed by atoms with Gasteiger partial charge in [-0.1, -0.05) is 0 Å². The number of hydrogen-bond acceptors (Lipinski definition) is 2. The highest BCUT2D eigenvalue weighted by molar-refractivity contribution is 7.45. The molecule has 12 heavy (non-hydrogen) atoms. The van der Waals surface area contributed by atoms with Gasteiger partial charge in [0.05, 0.1) is 0 Å². The highest BCUT2D eigenvalue weighted by Crippen LogP contribution is 2.25. The van der Waals surface area contributed by atoms with E-state index in [0.29, 0.717) is 0 Å². The molecular formula is C5H12NO5P. The fraction of sp³-hybridized carbons (Fsp3) is 0.800. The summed E-state index contributed by atoms with van der Waals surface area (Å²) < 4.78 is 8.88. The van der Waals surface area contributed by atoms with E-state index in [4.69, 9.17) is 19.2 Å². The van der Waals surface area contributed by atoms with E-state index in [1.165, 1.54) is 0 Å². The normalized spacial score (nSPS) is 17.4. The Hall–Kier alpha value is -0.420. The van der Waals surface area contributed by atoms with Crippen LogP contribution in [0.1, 0.15) is 19.3 Å². The number of hydrogen-bond donors (Lipinski definition) is 4. The van der Waals surface area contributed by atoms with Crippen LogP contribution < -0.4 is 5.32 Å². The third-order valence-corrected chi connectivity index (χ3v) is 1.15. The van der Waals surface area contributed by atoms with Crippen molar-refractivity contribution in [1.82, 2.24) is 5.32 Å². The van der Waals surface area contributed by atoms with Crippen molar-refractivity contribution in [3.05, 3.63) is 0 Å². The summed E-state index contributed by atoms with van der Waals surface area (Å²) in [5.41, 5.74) is 0. The number of carbonyl (C=O) groups is 1. The van der Waals surface area contributed by atoms with Crippen LogP contribution in [-0.4, -0.2) is 27.1 Å². The minimum absolute atomic E-state index is 0.214. The van der Waals surface area contributed by atoms with E-state index in [1.807, 2.05) is 0 Å². The van der Waals surface area contributed by atoms with E-state index in [-0.39, 0.29) is 5.91 Å². The van der Waals surface area contributed by atoms with E-state index in [1.54, 1.807) is 0 Å². The molecule has 4 N–H and O–H groups in total. The fourth-order valence-corrected chi connectivity index (χ4v) is 0.727. The Morgan fingerprint density at radius 1 is 1.25 bits per heavy atom. The highest BCUT2D eigenvalue weighted by Gasteiger charge is 2.04. The minimum atomic E-state index is -4.64. The summed E-state index contributed by atoms with van der Waals surface area (Å²) in [6.07, 6.45) is 2.97. The maximum absolute atomic E-state index is 10.4. The molecular weight excluding hydrogens is 185 g/mol. The molecule has 1 fully saturated rings. The van der Waals surface area contributed by atoms with Crippen LogP contribution in [0.3, 0.4) is 0 Å². The third kappa shape index (κ3) is 12.3. The van der Waals surface area contributed by atoms with Crippen molar-refractivity contribution in [1.29, 1.82) is 0 Å². The molecule has 7 heteroatoms. The van der Waals surface area contributed by atoms with Gasteiger partial charge in [0.2, 0.25) is 5.91 Å². The van der Waals surface area contributed by atoms with E-state index >= 15 is 0 Å². The molecule has 72 valence electrons. The van der Waals surface area contributed by atoms with Gasteiger partial charge in [-0.05, 0) is 12.8 Å². The lowest BCUT2D eigenvalue weighted by atomic mass is 10.2. The largest absolute Gasteiger partial charge is 0.466 e. The zero-order valence-corrected chi connectivity index (χ0v) is 7.33. The Balaban J connectivity index is 0.000000217. The summed E-state index contributed by atoms with van der Waals surface area (Å²) >= 11 is 0. The predicted molar refractivity (Wildman–Crippen MR) is 41.1 cm³/mol. The van der Waals surface area contributed by atoms with Gasteiger partial charge in [-0.15, -0.1) is 0 Å². The second-order valence-corrected chi connectivity index (χ2v) is 3.35. The predicted octanol–water partition coefficient (Wildman–Crippen LogP) is -0.642. The van der Waals surface area contributed by atoms with Crippen LogP contribution in [0.5, 0.6) is 0 Å². The molecule has 0 atom stereocenters. The molecule has 0 aromatic carbocycles. The first-order valence-corrected chi connectivity index (χ1v) is 5.01. The van der Waals surface area contributed by atoms with Crippen LogP contribution in [0.25, 0.3) is 0 Å². The molecule has 1 aliphatic rings. The number of carbonyl (C=O) groups excluding carboxylic acids is 1. The molecule has 1 heterocycles. The van der Waals surface area contributed by atoms with Gasteiger partial charge in [0.1, 0.15) is 0 Å². The Bertz CT molecular complexity index is 172. The van der Waals surface area contributed by atoms with Crippen molar-refractivity contribution in [2.24, 2.45) is 0 Å². The molecule has 0 spiro atoms. The minimum Gasteiger partial charge on any atom is -0.356 e. The standard InChI is InChI=1S/C5H9NO.H3O4P/c7-5-3-1-2-4-6-5;1-5(2,3)4/h1-4H2,(H,6,7);(H3,1,2,3,4). The summed E-state index contributed by atoms with van der Waals surface area (Å²) in [4.78, 5) is 31.9. The van der Waals surface area contributed by atoms with Crippen LogP contribution in [0, 0.1) is 0 Å². The Morgan fingerprint density at radius 2 is 1.75 bits per heavy atom.